The van der Waals surface area contributed by atoms with Gasteiger partial charge in [-0.25, -0.2) is 4.68 Å². The van der Waals surface area contributed by atoms with Crippen LogP contribution in [0.1, 0.15) is 163 Å². The highest BCUT2D eigenvalue weighted by atomic mass is 16.5. The molecule has 4 fully saturated rings. The van der Waals surface area contributed by atoms with E-state index in [1.165, 1.54) is 11.3 Å². The number of nitrogens with zero attached hydrogens (tertiary/aromatic N) is 7. The summed E-state index contributed by atoms with van der Waals surface area (Å²) in [5.41, 5.74) is 0.870. The zero-order valence-electron chi connectivity index (χ0n) is 41.6. The Hall–Kier alpha value is -4.29. The fourth-order valence-electron chi connectivity index (χ4n) is 8.50. The lowest BCUT2D eigenvalue weighted by atomic mass is 10.00. The fourth-order valence-corrected chi connectivity index (χ4v) is 8.50. The van der Waals surface area contributed by atoms with E-state index in [0.29, 0.717) is 65.1 Å². The Morgan fingerprint density at radius 2 is 1.21 bits per heavy atom. The second-order valence-corrected chi connectivity index (χ2v) is 17.4. The molecule has 0 saturated carbocycles. The van der Waals surface area contributed by atoms with Crippen LogP contribution in [0.2, 0.25) is 0 Å². The monoisotopic (exact) mass is 933 g/mol. The van der Waals surface area contributed by atoms with E-state index < -0.39 is 18.2 Å². The Kier molecular flexibility index (Phi) is 28.4. The van der Waals surface area contributed by atoms with Gasteiger partial charge in [0, 0.05) is 85.0 Å². The number of nitrogens with one attached hydrogen (secondary N) is 1. The van der Waals surface area contributed by atoms with Gasteiger partial charge in [0.25, 0.3) is 0 Å². The number of rotatable bonds is 21. The van der Waals surface area contributed by atoms with Gasteiger partial charge < -0.3 is 39.5 Å². The maximum atomic E-state index is 13.0. The van der Waals surface area contributed by atoms with E-state index in [2.05, 4.69) is 43.3 Å². The number of β-amino-alcohol motifs (C(OH)–C–C–N with tert-alkyl or cyclic N) is 1. The molecule has 0 bridgehead atoms. The van der Waals surface area contributed by atoms with Crippen LogP contribution >= 0.6 is 0 Å². The van der Waals surface area contributed by atoms with Gasteiger partial charge in [0.05, 0.1) is 56.2 Å². The number of unbranched alkanes of at least 4 members (excludes halogenated alkanes) is 1. The average Bonchev–Trinajstić information content (AvgIpc) is 4.19. The summed E-state index contributed by atoms with van der Waals surface area (Å²) in [6.07, 6.45) is 12.3. The number of hydrogen-bond donors (Lipinski definition) is 2. The van der Waals surface area contributed by atoms with E-state index >= 15 is 0 Å². The lowest BCUT2D eigenvalue weighted by Crippen LogP contribution is -2.49. The van der Waals surface area contributed by atoms with Gasteiger partial charge in [-0.3, -0.25) is 33.6 Å². The van der Waals surface area contributed by atoms with E-state index in [1.807, 2.05) is 20.0 Å². The van der Waals surface area contributed by atoms with Gasteiger partial charge in [0.15, 0.2) is 11.6 Å². The Balaban J connectivity index is 0.000000344. The number of aromatic nitrogens is 3. The molecule has 5 rings (SSSR count). The normalized spacial score (nSPS) is 21.0. The molecule has 0 aliphatic carbocycles. The summed E-state index contributed by atoms with van der Waals surface area (Å²) < 4.78 is 12.0. The van der Waals surface area contributed by atoms with Gasteiger partial charge in [0.1, 0.15) is 5.69 Å². The number of carbonyl (C=O) groups is 7. The summed E-state index contributed by atoms with van der Waals surface area (Å²) in [5.74, 6) is -0.487. The molecule has 4 aliphatic heterocycles. The Morgan fingerprint density at radius 1 is 0.682 bits per heavy atom. The topological polar surface area (TPSA) is 214 Å². The number of amides is 5. The van der Waals surface area contributed by atoms with Crippen LogP contribution in [-0.4, -0.2) is 164 Å². The number of methoxy groups -OCH3 is 1. The van der Waals surface area contributed by atoms with Crippen LogP contribution < -0.4 is 5.32 Å². The number of ether oxygens (including phenoxy) is 2. The second-order valence-electron chi connectivity index (χ2n) is 17.4. The predicted molar refractivity (Wildman–Crippen MR) is 251 cm³/mol. The SMILES string of the molecule is CCC.CCCCC(=O)N1CCCC1C(=O)[C@@H]1CCCN1C(=O)CC.CCCNC(=O)CCC(=O)N1C[C@@H](O)CC1C(=O)[C@@H]1CCCN1C(=O)CC.CCCOCc1cn(CCOC)nn1. The molecule has 2 N–H and O–H groups in total. The lowest BCUT2D eigenvalue weighted by molar-refractivity contribution is -0.143. The molecule has 4 aliphatic rings. The molecule has 0 radical (unpaired) electrons. The van der Waals surface area contributed by atoms with E-state index in [4.69, 9.17) is 9.47 Å². The third kappa shape index (κ3) is 18.8. The zero-order chi connectivity index (χ0) is 49.0. The molecule has 1 aromatic rings. The Morgan fingerprint density at radius 3 is 1.71 bits per heavy atom. The van der Waals surface area contributed by atoms with Crippen LogP contribution in [0.15, 0.2) is 6.20 Å². The van der Waals surface area contributed by atoms with Crippen LogP contribution in [-0.2, 0) is 56.2 Å². The fraction of sp³-hybridized carbons (Fsp3) is 0.812. The van der Waals surface area contributed by atoms with E-state index in [9.17, 15) is 38.7 Å². The van der Waals surface area contributed by atoms with Crippen molar-refractivity contribution in [2.75, 3.05) is 53.0 Å². The summed E-state index contributed by atoms with van der Waals surface area (Å²) in [7, 11) is 1.67. The van der Waals surface area contributed by atoms with Crippen molar-refractivity contribution in [3.63, 3.8) is 0 Å². The largest absolute Gasteiger partial charge is 0.391 e. The summed E-state index contributed by atoms with van der Waals surface area (Å²) in [4.78, 5) is 93.1. The van der Waals surface area contributed by atoms with Gasteiger partial charge in [-0.1, -0.05) is 66.5 Å². The van der Waals surface area contributed by atoms with Gasteiger partial charge in [-0.05, 0) is 57.8 Å². The molecular weight excluding hydrogens is 849 g/mol. The van der Waals surface area contributed by atoms with Gasteiger partial charge >= 0.3 is 0 Å². The highest BCUT2D eigenvalue weighted by Gasteiger charge is 2.45. The van der Waals surface area contributed by atoms with Crippen molar-refractivity contribution in [2.45, 2.75) is 201 Å². The van der Waals surface area contributed by atoms with Gasteiger partial charge in [-0.15, -0.1) is 5.10 Å². The van der Waals surface area contributed by atoms with Gasteiger partial charge in [0.2, 0.25) is 29.5 Å². The Bertz CT molecular complexity index is 1640. The summed E-state index contributed by atoms with van der Waals surface area (Å²) in [5, 5.41) is 20.7. The summed E-state index contributed by atoms with van der Waals surface area (Å²) >= 11 is 0. The van der Waals surface area contributed by atoms with Crippen molar-refractivity contribution < 1.29 is 48.1 Å². The van der Waals surface area contributed by atoms with Crippen molar-refractivity contribution in [1.82, 2.24) is 39.9 Å². The molecule has 5 heterocycles. The molecule has 1 aromatic heterocycles. The first-order valence-electron chi connectivity index (χ1n) is 24.9. The van der Waals surface area contributed by atoms with Crippen molar-refractivity contribution in [3.8, 4) is 0 Å². The highest BCUT2D eigenvalue weighted by Crippen LogP contribution is 2.29. The molecule has 66 heavy (non-hydrogen) atoms. The van der Waals surface area contributed by atoms with Crippen molar-refractivity contribution >= 4 is 41.1 Å². The number of aliphatic hydroxyl groups is 1. The van der Waals surface area contributed by atoms with Crippen molar-refractivity contribution in [3.05, 3.63) is 11.9 Å². The first-order valence-corrected chi connectivity index (χ1v) is 24.9. The average molecular weight is 933 g/mol. The van der Waals surface area contributed by atoms with E-state index in [1.54, 1.807) is 33.4 Å². The quantitative estimate of drug-likeness (QED) is 0.162. The number of likely N-dealkylation sites (tertiary alicyclic amines) is 4. The number of aliphatic hydroxyl groups excluding tert-OH is 1. The lowest BCUT2D eigenvalue weighted by Gasteiger charge is -2.30. The Labute approximate surface area is 394 Å². The smallest absolute Gasteiger partial charge is 0.223 e. The standard InChI is InChI=1S/C19H31N3O5.C17H28N2O3.C9H17N3O2.C3H8/c1-3-9-20-16(24)7-8-18(26)22-12-13(23)11-15(22)19(27)14-6-5-10-21(14)17(25)4-2;1-3-5-10-16(21)19-12-7-9-14(19)17(22)13-8-6-11-18(13)15(20)4-2;1-3-5-14-8-9-7-12(11-10-9)4-6-13-2;1-3-2/h13-15,23H,3-12H2,1-2H3,(H,20,24);13-14H,3-12H2,1-2H3;7H,3-6,8H2,1-2H3;3H2,1-2H3/t13-,14-,15?;13-,14?;;/m00../s1. The van der Waals surface area contributed by atoms with Crippen LogP contribution in [0.5, 0.6) is 0 Å². The molecule has 5 amide bonds. The first-order chi connectivity index (χ1) is 31.8. The minimum absolute atomic E-state index is 0.00825. The van der Waals surface area contributed by atoms with Crippen LogP contribution in [0.3, 0.4) is 0 Å². The maximum Gasteiger partial charge on any atom is 0.223 e. The number of ketones is 2. The third-order valence-corrected chi connectivity index (χ3v) is 11.8. The third-order valence-electron chi connectivity index (χ3n) is 11.8. The predicted octanol–water partition coefficient (Wildman–Crippen LogP) is 4.63. The summed E-state index contributed by atoms with van der Waals surface area (Å²) in [6, 6.07) is -1.85. The molecule has 4 saturated heterocycles. The molecule has 0 spiro atoms. The van der Waals surface area contributed by atoms with E-state index in [0.717, 1.165) is 76.6 Å². The maximum absolute atomic E-state index is 13.0. The van der Waals surface area contributed by atoms with Gasteiger partial charge in [-0.2, -0.15) is 0 Å². The second kappa shape index (κ2) is 32.4. The van der Waals surface area contributed by atoms with Crippen LogP contribution in [0, 0.1) is 0 Å². The first kappa shape index (κ1) is 57.8. The number of Topliss-reactive ketones (excluding diaryl/α,β-unsaturated/α-hetero) is 2. The van der Waals surface area contributed by atoms with E-state index in [-0.39, 0.29) is 79.0 Å². The minimum atomic E-state index is -0.756. The molecule has 5 atom stereocenters. The van der Waals surface area contributed by atoms with Crippen LogP contribution in [0.25, 0.3) is 0 Å². The summed E-state index contributed by atoms with van der Waals surface area (Å²) in [6.45, 7) is 19.2. The van der Waals surface area contributed by atoms with Crippen LogP contribution in [0.4, 0.5) is 0 Å². The van der Waals surface area contributed by atoms with Crippen molar-refractivity contribution in [2.24, 2.45) is 0 Å². The van der Waals surface area contributed by atoms with Crippen molar-refractivity contribution in [1.29, 1.82) is 0 Å². The molecule has 0 aromatic carbocycles. The molecule has 18 nitrogen and oxygen atoms in total. The minimum Gasteiger partial charge on any atom is -0.391 e. The molecule has 18 heteroatoms. The number of carbonyl (C=O) groups excluding carboxylic acids is 7. The highest BCUT2D eigenvalue weighted by molar-refractivity contribution is 5.97. The molecule has 2 unspecified atom stereocenters. The molecular formula is C48H84N8O10. The molecule has 376 valence electrons. The zero-order valence-corrected chi connectivity index (χ0v) is 41.6. The number of hydrogen-bond acceptors (Lipinski definition) is 12.